The molecule has 0 atom stereocenters. The van der Waals surface area contributed by atoms with Crippen molar-refractivity contribution >= 4 is 22.4 Å². The summed E-state index contributed by atoms with van der Waals surface area (Å²) in [7, 11) is 0. The fourth-order valence-corrected chi connectivity index (χ4v) is 2.69. The average molecular weight is 328 g/mol. The van der Waals surface area contributed by atoms with E-state index in [0.717, 1.165) is 17.8 Å². The van der Waals surface area contributed by atoms with Gasteiger partial charge in [-0.05, 0) is 17.7 Å². The molecule has 0 fully saturated rings. The first-order valence-electron chi connectivity index (χ1n) is 6.56. The fraction of sp³-hybridized carbons (Fsp3) is 0.333. The number of carbonyl (C=O) groups is 1. The van der Waals surface area contributed by atoms with Crippen molar-refractivity contribution in [3.05, 3.63) is 46.2 Å². The molecule has 7 heteroatoms. The normalized spacial score (nSPS) is 11.5. The number of benzene rings is 1. The molecule has 1 heterocycles. The standard InChI is InChI=1S/C15H15F3N2OS/c1-15(2,3)11-7-22-14(19-11)20-12(21)6-8-4-9(16)13(18)10(17)5-8/h4-5,7H,6H2,1-3H3,(H,19,20,21). The number of nitrogens with one attached hydrogen (secondary N) is 1. The Balaban J connectivity index is 2.06. The zero-order valence-corrected chi connectivity index (χ0v) is 13.2. The highest BCUT2D eigenvalue weighted by molar-refractivity contribution is 7.13. The van der Waals surface area contributed by atoms with E-state index in [1.54, 1.807) is 0 Å². The number of nitrogens with zero attached hydrogens (tertiary/aromatic N) is 1. The van der Waals surface area contributed by atoms with E-state index in [0.29, 0.717) is 5.13 Å². The third-order valence-corrected chi connectivity index (χ3v) is 3.68. The Kier molecular flexibility index (Phi) is 4.55. The van der Waals surface area contributed by atoms with Crippen molar-refractivity contribution in [2.75, 3.05) is 5.32 Å². The number of amides is 1. The lowest BCUT2D eigenvalue weighted by Crippen LogP contribution is -2.16. The number of rotatable bonds is 3. The van der Waals surface area contributed by atoms with E-state index < -0.39 is 23.4 Å². The Bertz CT molecular complexity index is 684. The highest BCUT2D eigenvalue weighted by Crippen LogP contribution is 2.26. The molecule has 0 radical (unpaired) electrons. The summed E-state index contributed by atoms with van der Waals surface area (Å²) in [5.74, 6) is -4.64. The Hall–Kier alpha value is -1.89. The summed E-state index contributed by atoms with van der Waals surface area (Å²) in [6, 6.07) is 1.61. The molecule has 0 saturated heterocycles. The number of thiazole rings is 1. The lowest BCUT2D eigenvalue weighted by Gasteiger charge is -2.14. The maximum absolute atomic E-state index is 13.1. The van der Waals surface area contributed by atoms with Gasteiger partial charge < -0.3 is 5.32 Å². The predicted molar refractivity (Wildman–Crippen MR) is 79.5 cm³/mol. The van der Waals surface area contributed by atoms with Crippen LogP contribution in [0.15, 0.2) is 17.5 Å². The summed E-state index contributed by atoms with van der Waals surface area (Å²) in [5.41, 5.74) is 0.760. The molecule has 1 aromatic carbocycles. The minimum atomic E-state index is -1.54. The van der Waals surface area contributed by atoms with Crippen molar-refractivity contribution in [1.82, 2.24) is 4.98 Å². The van der Waals surface area contributed by atoms with Crippen LogP contribution in [0.5, 0.6) is 0 Å². The van der Waals surface area contributed by atoms with E-state index in [1.807, 2.05) is 26.2 Å². The van der Waals surface area contributed by atoms with Gasteiger partial charge in [-0.25, -0.2) is 18.2 Å². The first kappa shape index (κ1) is 16.5. The molecule has 0 bridgehead atoms. The molecule has 0 aliphatic heterocycles. The van der Waals surface area contributed by atoms with Crippen LogP contribution in [-0.4, -0.2) is 10.9 Å². The predicted octanol–water partition coefficient (Wildman–Crippen LogP) is 4.04. The topological polar surface area (TPSA) is 42.0 Å². The molecule has 118 valence electrons. The molecule has 0 aliphatic carbocycles. The SMILES string of the molecule is CC(C)(C)c1csc(NC(=O)Cc2cc(F)c(F)c(F)c2)n1. The van der Waals surface area contributed by atoms with Crippen molar-refractivity contribution in [3.63, 3.8) is 0 Å². The molecule has 0 aliphatic rings. The van der Waals surface area contributed by atoms with Gasteiger partial charge in [-0.2, -0.15) is 0 Å². The Morgan fingerprint density at radius 3 is 2.32 bits per heavy atom. The maximum Gasteiger partial charge on any atom is 0.230 e. The summed E-state index contributed by atoms with van der Waals surface area (Å²) in [4.78, 5) is 16.2. The summed E-state index contributed by atoms with van der Waals surface area (Å²) < 4.78 is 39.0. The van der Waals surface area contributed by atoms with E-state index in [1.165, 1.54) is 11.3 Å². The third-order valence-electron chi connectivity index (χ3n) is 2.93. The van der Waals surface area contributed by atoms with Crippen LogP contribution in [0.3, 0.4) is 0 Å². The van der Waals surface area contributed by atoms with Gasteiger partial charge >= 0.3 is 0 Å². The van der Waals surface area contributed by atoms with E-state index in [-0.39, 0.29) is 17.4 Å². The Labute approximate surface area is 130 Å². The van der Waals surface area contributed by atoms with Crippen molar-refractivity contribution in [1.29, 1.82) is 0 Å². The molecule has 0 unspecified atom stereocenters. The number of hydrogen-bond donors (Lipinski definition) is 1. The van der Waals surface area contributed by atoms with Gasteiger partial charge in [0.05, 0.1) is 12.1 Å². The van der Waals surface area contributed by atoms with Crippen molar-refractivity contribution in [2.45, 2.75) is 32.6 Å². The van der Waals surface area contributed by atoms with E-state index in [4.69, 9.17) is 0 Å². The van der Waals surface area contributed by atoms with Crippen molar-refractivity contribution in [2.24, 2.45) is 0 Å². The van der Waals surface area contributed by atoms with E-state index in [2.05, 4.69) is 10.3 Å². The molecule has 0 saturated carbocycles. The second-order valence-electron chi connectivity index (χ2n) is 5.89. The smallest absolute Gasteiger partial charge is 0.230 e. The van der Waals surface area contributed by atoms with Crippen LogP contribution >= 0.6 is 11.3 Å². The molecule has 2 rings (SSSR count). The fourth-order valence-electron chi connectivity index (χ4n) is 1.73. The highest BCUT2D eigenvalue weighted by Gasteiger charge is 2.18. The van der Waals surface area contributed by atoms with Crippen molar-refractivity contribution in [3.8, 4) is 0 Å². The van der Waals surface area contributed by atoms with Crippen LogP contribution in [-0.2, 0) is 16.6 Å². The Morgan fingerprint density at radius 1 is 1.23 bits per heavy atom. The molecule has 2 aromatic rings. The average Bonchev–Trinajstić information content (AvgIpc) is 2.84. The molecule has 0 spiro atoms. The monoisotopic (exact) mass is 328 g/mol. The van der Waals surface area contributed by atoms with E-state index in [9.17, 15) is 18.0 Å². The summed E-state index contributed by atoms with van der Waals surface area (Å²) >= 11 is 1.27. The van der Waals surface area contributed by atoms with E-state index >= 15 is 0 Å². The van der Waals surface area contributed by atoms with Gasteiger partial charge in [0.25, 0.3) is 0 Å². The number of hydrogen-bond acceptors (Lipinski definition) is 3. The van der Waals surface area contributed by atoms with Gasteiger partial charge in [-0.1, -0.05) is 20.8 Å². The quantitative estimate of drug-likeness (QED) is 0.864. The zero-order chi connectivity index (χ0) is 16.5. The first-order chi connectivity index (χ1) is 10.2. The van der Waals surface area contributed by atoms with Gasteiger partial charge in [-0.15, -0.1) is 11.3 Å². The largest absolute Gasteiger partial charge is 0.302 e. The Morgan fingerprint density at radius 2 is 1.82 bits per heavy atom. The summed E-state index contributed by atoms with van der Waals surface area (Å²) in [6.45, 7) is 5.99. The summed E-state index contributed by atoms with van der Waals surface area (Å²) in [5, 5.41) is 4.82. The third kappa shape index (κ3) is 3.85. The van der Waals surface area contributed by atoms with Gasteiger partial charge in [0.1, 0.15) is 0 Å². The van der Waals surface area contributed by atoms with Crippen LogP contribution < -0.4 is 5.32 Å². The molecular weight excluding hydrogens is 313 g/mol. The number of anilines is 1. The second-order valence-corrected chi connectivity index (χ2v) is 6.74. The van der Waals surface area contributed by atoms with Gasteiger partial charge in [0, 0.05) is 10.8 Å². The lowest BCUT2D eigenvalue weighted by molar-refractivity contribution is -0.115. The molecular formula is C15H15F3N2OS. The molecule has 1 N–H and O–H groups in total. The van der Waals surface area contributed by atoms with Crippen LogP contribution in [0, 0.1) is 17.5 Å². The summed E-state index contributed by atoms with van der Waals surface area (Å²) in [6.07, 6.45) is -0.265. The molecule has 22 heavy (non-hydrogen) atoms. The number of carbonyl (C=O) groups excluding carboxylic acids is 1. The minimum Gasteiger partial charge on any atom is -0.302 e. The molecule has 1 amide bonds. The van der Waals surface area contributed by atoms with Gasteiger partial charge in [0.2, 0.25) is 5.91 Å². The van der Waals surface area contributed by atoms with Crippen LogP contribution in [0.25, 0.3) is 0 Å². The number of aromatic nitrogens is 1. The van der Waals surface area contributed by atoms with Crippen LogP contribution in [0.2, 0.25) is 0 Å². The maximum atomic E-state index is 13.1. The molecule has 3 nitrogen and oxygen atoms in total. The van der Waals surface area contributed by atoms with Crippen molar-refractivity contribution < 1.29 is 18.0 Å². The second kappa shape index (κ2) is 6.08. The van der Waals surface area contributed by atoms with Crippen LogP contribution in [0.1, 0.15) is 32.0 Å². The zero-order valence-electron chi connectivity index (χ0n) is 12.3. The first-order valence-corrected chi connectivity index (χ1v) is 7.44. The van der Waals surface area contributed by atoms with Gasteiger partial charge in [-0.3, -0.25) is 4.79 Å². The lowest BCUT2D eigenvalue weighted by atomic mass is 9.93. The molecule has 1 aromatic heterocycles. The van der Waals surface area contributed by atoms with Crippen LogP contribution in [0.4, 0.5) is 18.3 Å². The highest BCUT2D eigenvalue weighted by atomic mass is 32.1. The minimum absolute atomic E-state index is 0.0569. The number of halogens is 3. The van der Waals surface area contributed by atoms with Gasteiger partial charge in [0.15, 0.2) is 22.6 Å².